The second kappa shape index (κ2) is 5.96. The molecule has 0 radical (unpaired) electrons. The Morgan fingerprint density at radius 1 is 1.30 bits per heavy atom. The Morgan fingerprint density at radius 3 is 2.50 bits per heavy atom. The first-order valence-electron chi connectivity index (χ1n) is 7.46. The van der Waals surface area contributed by atoms with Gasteiger partial charge in [-0.3, -0.25) is 4.79 Å². The van der Waals surface area contributed by atoms with Gasteiger partial charge in [0.1, 0.15) is 0 Å². The topological polar surface area (TPSA) is 46.3 Å². The summed E-state index contributed by atoms with van der Waals surface area (Å²) >= 11 is 0. The molecule has 1 atom stereocenters. The molecule has 3 nitrogen and oxygen atoms in total. The van der Waals surface area contributed by atoms with Crippen LogP contribution in [0.1, 0.15) is 38.3 Å². The molecule has 1 aliphatic rings. The molecule has 1 aliphatic heterocycles. The second-order valence-electron chi connectivity index (χ2n) is 6.84. The standard InChI is InChI=1S/C17H26N2O/c1-17(2,3)15-8-9-19(12-15)16(20)10-13-6-4-5-7-14(13)11-18/h4-7,15H,8-12,18H2,1-3H3. The molecule has 20 heavy (non-hydrogen) atoms. The molecule has 2 rings (SSSR count). The van der Waals surface area contributed by atoms with Crippen LogP contribution in [0.25, 0.3) is 0 Å². The molecule has 1 saturated heterocycles. The van der Waals surface area contributed by atoms with Crippen LogP contribution in [0.5, 0.6) is 0 Å². The molecule has 1 aromatic rings. The monoisotopic (exact) mass is 274 g/mol. The summed E-state index contributed by atoms with van der Waals surface area (Å²) in [6.45, 7) is 9.06. The van der Waals surface area contributed by atoms with E-state index in [4.69, 9.17) is 5.73 Å². The highest BCUT2D eigenvalue weighted by Crippen LogP contribution is 2.33. The SMILES string of the molecule is CC(C)(C)C1CCN(C(=O)Cc2ccccc2CN)C1. The zero-order valence-electron chi connectivity index (χ0n) is 12.9. The van der Waals surface area contributed by atoms with E-state index in [-0.39, 0.29) is 11.3 Å². The predicted molar refractivity (Wildman–Crippen MR) is 82.2 cm³/mol. The Hall–Kier alpha value is -1.35. The minimum absolute atomic E-state index is 0.234. The van der Waals surface area contributed by atoms with Crippen molar-refractivity contribution < 1.29 is 4.79 Å². The van der Waals surface area contributed by atoms with Crippen molar-refractivity contribution in [3.63, 3.8) is 0 Å². The van der Waals surface area contributed by atoms with Gasteiger partial charge in [0.05, 0.1) is 6.42 Å². The van der Waals surface area contributed by atoms with Gasteiger partial charge in [-0.1, -0.05) is 45.0 Å². The van der Waals surface area contributed by atoms with Gasteiger partial charge in [0.2, 0.25) is 5.91 Å². The van der Waals surface area contributed by atoms with Gasteiger partial charge < -0.3 is 10.6 Å². The van der Waals surface area contributed by atoms with Crippen molar-refractivity contribution in [3.8, 4) is 0 Å². The van der Waals surface area contributed by atoms with E-state index in [1.54, 1.807) is 0 Å². The number of carbonyl (C=O) groups excluding carboxylic acids is 1. The number of rotatable bonds is 3. The first-order chi connectivity index (χ1) is 9.41. The van der Waals surface area contributed by atoms with Gasteiger partial charge in [-0.2, -0.15) is 0 Å². The highest BCUT2D eigenvalue weighted by atomic mass is 16.2. The van der Waals surface area contributed by atoms with Crippen LogP contribution in [0.2, 0.25) is 0 Å². The van der Waals surface area contributed by atoms with Crippen molar-refractivity contribution in [2.24, 2.45) is 17.1 Å². The number of nitrogens with two attached hydrogens (primary N) is 1. The van der Waals surface area contributed by atoms with Crippen LogP contribution < -0.4 is 5.73 Å². The average Bonchev–Trinajstić information content (AvgIpc) is 2.89. The van der Waals surface area contributed by atoms with Crippen LogP contribution in [0.4, 0.5) is 0 Å². The number of amides is 1. The minimum atomic E-state index is 0.234. The summed E-state index contributed by atoms with van der Waals surface area (Å²) in [5, 5.41) is 0. The third kappa shape index (κ3) is 3.40. The lowest BCUT2D eigenvalue weighted by Crippen LogP contribution is -2.32. The van der Waals surface area contributed by atoms with E-state index in [9.17, 15) is 4.79 Å². The van der Waals surface area contributed by atoms with Crippen molar-refractivity contribution >= 4 is 5.91 Å². The van der Waals surface area contributed by atoms with Crippen LogP contribution in [0.3, 0.4) is 0 Å². The largest absolute Gasteiger partial charge is 0.342 e. The Balaban J connectivity index is 2.00. The van der Waals surface area contributed by atoms with E-state index < -0.39 is 0 Å². The smallest absolute Gasteiger partial charge is 0.227 e. The van der Waals surface area contributed by atoms with Crippen molar-refractivity contribution in [1.29, 1.82) is 0 Å². The lowest BCUT2D eigenvalue weighted by Gasteiger charge is -2.27. The molecule has 1 fully saturated rings. The normalized spacial score (nSPS) is 19.4. The maximum absolute atomic E-state index is 12.4. The molecule has 110 valence electrons. The Morgan fingerprint density at radius 2 is 1.95 bits per heavy atom. The Kier molecular flexibility index (Phi) is 4.48. The van der Waals surface area contributed by atoms with E-state index >= 15 is 0 Å². The Bertz CT molecular complexity index is 476. The molecule has 1 unspecified atom stereocenters. The van der Waals surface area contributed by atoms with Crippen molar-refractivity contribution in [2.45, 2.75) is 40.2 Å². The third-order valence-corrected chi connectivity index (χ3v) is 4.45. The molecule has 1 aromatic carbocycles. The molecule has 1 amide bonds. The van der Waals surface area contributed by atoms with Crippen LogP contribution in [-0.4, -0.2) is 23.9 Å². The molecule has 0 aromatic heterocycles. The van der Waals surface area contributed by atoms with Gasteiger partial charge in [0.15, 0.2) is 0 Å². The number of carbonyl (C=O) groups is 1. The van der Waals surface area contributed by atoms with E-state index in [0.717, 1.165) is 30.6 Å². The molecule has 3 heteroatoms. The highest BCUT2D eigenvalue weighted by Gasteiger charge is 2.33. The molecule has 0 bridgehead atoms. The first kappa shape index (κ1) is 15.0. The number of nitrogens with zero attached hydrogens (tertiary/aromatic N) is 1. The number of likely N-dealkylation sites (tertiary alicyclic amines) is 1. The lowest BCUT2D eigenvalue weighted by atomic mass is 9.80. The fourth-order valence-electron chi connectivity index (χ4n) is 2.90. The van der Waals surface area contributed by atoms with Gasteiger partial charge in [-0.05, 0) is 28.9 Å². The molecular weight excluding hydrogens is 248 g/mol. The zero-order valence-corrected chi connectivity index (χ0v) is 12.9. The molecule has 0 aliphatic carbocycles. The summed E-state index contributed by atoms with van der Waals surface area (Å²) in [6.07, 6.45) is 1.60. The summed E-state index contributed by atoms with van der Waals surface area (Å²) in [6, 6.07) is 7.97. The van der Waals surface area contributed by atoms with E-state index in [0.29, 0.717) is 18.9 Å². The summed E-state index contributed by atoms with van der Waals surface area (Å²) in [4.78, 5) is 14.5. The van der Waals surface area contributed by atoms with Crippen LogP contribution in [0, 0.1) is 11.3 Å². The number of benzene rings is 1. The van der Waals surface area contributed by atoms with Gasteiger partial charge >= 0.3 is 0 Å². The van der Waals surface area contributed by atoms with Gasteiger partial charge in [-0.25, -0.2) is 0 Å². The van der Waals surface area contributed by atoms with Gasteiger partial charge in [0.25, 0.3) is 0 Å². The summed E-state index contributed by atoms with van der Waals surface area (Å²) in [5.74, 6) is 0.842. The lowest BCUT2D eigenvalue weighted by molar-refractivity contribution is -0.129. The molecule has 1 heterocycles. The maximum atomic E-state index is 12.4. The van der Waals surface area contributed by atoms with Crippen molar-refractivity contribution in [1.82, 2.24) is 4.90 Å². The van der Waals surface area contributed by atoms with E-state index in [1.807, 2.05) is 29.2 Å². The number of hydrogen-bond acceptors (Lipinski definition) is 2. The van der Waals surface area contributed by atoms with Gasteiger partial charge in [0, 0.05) is 19.6 Å². The molecule has 2 N–H and O–H groups in total. The van der Waals surface area contributed by atoms with Gasteiger partial charge in [-0.15, -0.1) is 0 Å². The second-order valence-corrected chi connectivity index (χ2v) is 6.84. The third-order valence-electron chi connectivity index (χ3n) is 4.45. The molecule has 0 spiro atoms. The highest BCUT2D eigenvalue weighted by molar-refractivity contribution is 5.79. The molecular formula is C17H26N2O. The van der Waals surface area contributed by atoms with Crippen LogP contribution >= 0.6 is 0 Å². The first-order valence-corrected chi connectivity index (χ1v) is 7.46. The van der Waals surface area contributed by atoms with Crippen molar-refractivity contribution in [2.75, 3.05) is 13.1 Å². The summed E-state index contributed by atoms with van der Waals surface area (Å²) < 4.78 is 0. The fourth-order valence-corrected chi connectivity index (χ4v) is 2.90. The van der Waals surface area contributed by atoms with Crippen molar-refractivity contribution in [3.05, 3.63) is 35.4 Å². The summed E-state index contributed by atoms with van der Waals surface area (Å²) in [5.41, 5.74) is 8.16. The number of hydrogen-bond donors (Lipinski definition) is 1. The van der Waals surface area contributed by atoms with E-state index in [1.165, 1.54) is 0 Å². The van der Waals surface area contributed by atoms with E-state index in [2.05, 4.69) is 20.8 Å². The average molecular weight is 274 g/mol. The molecule has 0 saturated carbocycles. The minimum Gasteiger partial charge on any atom is -0.342 e. The van der Waals surface area contributed by atoms with Crippen LogP contribution in [-0.2, 0) is 17.8 Å². The zero-order chi connectivity index (χ0) is 14.8. The quantitative estimate of drug-likeness (QED) is 0.921. The Labute approximate surface area is 122 Å². The van der Waals surface area contributed by atoms with Crippen LogP contribution in [0.15, 0.2) is 24.3 Å². The summed E-state index contributed by atoms with van der Waals surface area (Å²) in [7, 11) is 0. The predicted octanol–water partition coefficient (Wildman–Crippen LogP) is 2.58. The maximum Gasteiger partial charge on any atom is 0.227 e. The fraction of sp³-hybridized carbons (Fsp3) is 0.588.